The Hall–Kier alpha value is -4.06. The molecule has 0 aliphatic carbocycles. The van der Waals surface area contributed by atoms with Crippen molar-refractivity contribution < 1.29 is 18.0 Å². The van der Waals surface area contributed by atoms with Crippen LogP contribution in [-0.2, 0) is 19.1 Å². The molecule has 206 valence electrons. The zero-order valence-corrected chi connectivity index (χ0v) is 22.6. The minimum atomic E-state index is -4.34. The van der Waals surface area contributed by atoms with E-state index in [1.807, 2.05) is 67.7 Å². The molecule has 2 atom stereocenters. The van der Waals surface area contributed by atoms with E-state index in [4.69, 9.17) is 0 Å². The molecule has 0 saturated carbocycles. The fraction of sp³-hybridized carbons (Fsp3) is 0.265. The highest BCUT2D eigenvalue weighted by Crippen LogP contribution is 2.37. The number of benzene rings is 3. The average Bonchev–Trinajstić information content (AvgIpc) is 3.58. The molecule has 40 heavy (non-hydrogen) atoms. The van der Waals surface area contributed by atoms with Crippen LogP contribution in [0.1, 0.15) is 63.1 Å². The molecule has 1 aliphatic rings. The first-order valence-corrected chi connectivity index (χ1v) is 13.6. The van der Waals surface area contributed by atoms with Crippen molar-refractivity contribution in [3.8, 4) is 0 Å². The second kappa shape index (κ2) is 11.6. The number of alkyl halides is 3. The van der Waals surface area contributed by atoms with E-state index < -0.39 is 11.7 Å². The van der Waals surface area contributed by atoms with Crippen LogP contribution < -0.4 is 0 Å². The van der Waals surface area contributed by atoms with E-state index in [1.165, 1.54) is 5.56 Å². The van der Waals surface area contributed by atoms with Gasteiger partial charge < -0.3 is 9.47 Å². The largest absolute Gasteiger partial charge is 0.416 e. The van der Waals surface area contributed by atoms with Gasteiger partial charge in [0.15, 0.2) is 0 Å². The van der Waals surface area contributed by atoms with Crippen molar-refractivity contribution in [2.75, 3.05) is 13.6 Å². The van der Waals surface area contributed by atoms with Crippen LogP contribution in [-0.4, -0.2) is 28.8 Å². The third-order valence-electron chi connectivity index (χ3n) is 8.02. The highest BCUT2D eigenvalue weighted by Gasteiger charge is 2.31. The molecule has 3 nitrogen and oxygen atoms in total. The van der Waals surface area contributed by atoms with Crippen molar-refractivity contribution in [2.45, 2.75) is 43.8 Å². The predicted octanol–water partition coefficient (Wildman–Crippen LogP) is 8.09. The first kappa shape index (κ1) is 27.5. The first-order chi connectivity index (χ1) is 19.2. The Kier molecular flexibility index (Phi) is 7.97. The van der Waals surface area contributed by atoms with E-state index in [1.54, 1.807) is 12.1 Å². The van der Waals surface area contributed by atoms with Crippen LogP contribution in [0.5, 0.6) is 0 Å². The lowest BCUT2D eigenvalue weighted by atomic mass is 9.88. The number of nitrogens with zero attached hydrogens (tertiary/aromatic N) is 2. The van der Waals surface area contributed by atoms with Crippen LogP contribution in [0.2, 0.25) is 0 Å². The zero-order chi connectivity index (χ0) is 28.3. The highest BCUT2D eigenvalue weighted by molar-refractivity contribution is 6.08. The summed E-state index contributed by atoms with van der Waals surface area (Å²) < 4.78 is 41.2. The molecule has 0 saturated heterocycles. The van der Waals surface area contributed by atoms with Gasteiger partial charge in [0.25, 0.3) is 0 Å². The van der Waals surface area contributed by atoms with E-state index in [0.29, 0.717) is 17.7 Å². The number of rotatable bonds is 10. The third kappa shape index (κ3) is 5.91. The van der Waals surface area contributed by atoms with Gasteiger partial charge in [0.1, 0.15) is 0 Å². The lowest BCUT2D eigenvalue weighted by molar-refractivity contribution is -0.137. The zero-order valence-electron chi connectivity index (χ0n) is 22.6. The molecule has 2 unspecified atom stereocenters. The molecule has 1 aromatic heterocycles. The van der Waals surface area contributed by atoms with Crippen LogP contribution in [0.15, 0.2) is 109 Å². The van der Waals surface area contributed by atoms with E-state index in [-0.39, 0.29) is 17.6 Å². The van der Waals surface area contributed by atoms with Gasteiger partial charge in [0.2, 0.25) is 5.78 Å². The number of ketones is 1. The van der Waals surface area contributed by atoms with Crippen LogP contribution in [0.25, 0.3) is 0 Å². The lowest BCUT2D eigenvalue weighted by Crippen LogP contribution is -2.24. The predicted molar refractivity (Wildman–Crippen MR) is 152 cm³/mol. The molecule has 0 bridgehead atoms. The third-order valence-corrected chi connectivity index (χ3v) is 8.02. The molecule has 0 N–H and O–H groups in total. The molecule has 0 radical (unpaired) electrons. The molecule has 3 aromatic carbocycles. The van der Waals surface area contributed by atoms with Crippen molar-refractivity contribution in [3.63, 3.8) is 0 Å². The Bertz CT molecular complexity index is 1460. The van der Waals surface area contributed by atoms with E-state index in [0.717, 1.165) is 55.0 Å². The van der Waals surface area contributed by atoms with Gasteiger partial charge in [-0.3, -0.25) is 4.79 Å². The van der Waals surface area contributed by atoms with Gasteiger partial charge in [0, 0.05) is 43.0 Å². The second-order valence-corrected chi connectivity index (χ2v) is 10.5. The van der Waals surface area contributed by atoms with Crippen molar-refractivity contribution >= 4 is 5.78 Å². The van der Waals surface area contributed by atoms with Gasteiger partial charge in [-0.1, -0.05) is 79.4 Å². The fourth-order valence-corrected chi connectivity index (χ4v) is 5.70. The highest BCUT2D eigenvalue weighted by atomic mass is 19.4. The number of likely N-dealkylation sites (N-methyl/N-ethyl adjacent to an activating group) is 1. The Morgan fingerprint density at radius 2 is 1.60 bits per heavy atom. The molecule has 0 amide bonds. The monoisotopic (exact) mass is 542 g/mol. The van der Waals surface area contributed by atoms with E-state index >= 15 is 0 Å². The number of fused-ring (bicyclic) bond motifs is 1. The number of allylic oxidation sites excluding steroid dienone is 1. The Morgan fingerprint density at radius 3 is 2.25 bits per heavy atom. The van der Waals surface area contributed by atoms with Gasteiger partial charge >= 0.3 is 6.18 Å². The molecule has 4 aromatic rings. The number of hydrogen-bond donors (Lipinski definition) is 0. The van der Waals surface area contributed by atoms with Crippen molar-refractivity contribution in [2.24, 2.45) is 0 Å². The Balaban J connectivity index is 1.27. The summed E-state index contributed by atoms with van der Waals surface area (Å²) in [6.45, 7) is 5.96. The van der Waals surface area contributed by atoms with E-state index in [9.17, 15) is 18.0 Å². The molecule has 0 fully saturated rings. The maximum atomic E-state index is 13.1. The molecular weight excluding hydrogens is 509 g/mol. The second-order valence-electron chi connectivity index (χ2n) is 10.5. The van der Waals surface area contributed by atoms with Gasteiger partial charge in [-0.05, 0) is 60.6 Å². The summed E-state index contributed by atoms with van der Waals surface area (Å²) in [6, 6.07) is 28.9. The Morgan fingerprint density at radius 1 is 0.950 bits per heavy atom. The molecule has 6 heteroatoms. The summed E-state index contributed by atoms with van der Waals surface area (Å²) in [4.78, 5) is 15.3. The average molecular weight is 543 g/mol. The molecule has 1 aliphatic heterocycles. The topological polar surface area (TPSA) is 25.2 Å². The maximum absolute atomic E-state index is 13.1. The maximum Gasteiger partial charge on any atom is 0.416 e. The van der Waals surface area contributed by atoms with Gasteiger partial charge in [-0.25, -0.2) is 0 Å². The summed E-state index contributed by atoms with van der Waals surface area (Å²) in [6.07, 6.45) is -1.97. The van der Waals surface area contributed by atoms with Gasteiger partial charge in [0.05, 0.1) is 11.3 Å². The summed E-state index contributed by atoms with van der Waals surface area (Å²) in [5.41, 5.74) is 4.94. The lowest BCUT2D eigenvalue weighted by Gasteiger charge is -2.28. The SMILES string of the molecule is C=C(C1CCn2c(C(=O)c3ccccc3)ccc21)N(C)CCC(Cc1ccc(C(F)(F)F)cc1)c1ccccc1. The van der Waals surface area contributed by atoms with Crippen LogP contribution >= 0.6 is 0 Å². The molecular formula is C34H33F3N2O. The van der Waals surface area contributed by atoms with Crippen molar-refractivity contribution in [1.29, 1.82) is 0 Å². The number of halogens is 3. The summed E-state index contributed by atoms with van der Waals surface area (Å²) in [5, 5.41) is 0. The fourth-order valence-electron chi connectivity index (χ4n) is 5.70. The first-order valence-electron chi connectivity index (χ1n) is 13.6. The number of carbonyl (C=O) groups is 1. The quantitative estimate of drug-likeness (QED) is 0.189. The van der Waals surface area contributed by atoms with Crippen molar-refractivity contribution in [3.05, 3.63) is 143 Å². The van der Waals surface area contributed by atoms with Crippen LogP contribution in [0.4, 0.5) is 13.2 Å². The number of aromatic nitrogens is 1. The number of hydrogen-bond acceptors (Lipinski definition) is 2. The van der Waals surface area contributed by atoms with Crippen LogP contribution in [0, 0.1) is 0 Å². The van der Waals surface area contributed by atoms with E-state index in [2.05, 4.69) is 28.2 Å². The minimum Gasteiger partial charge on any atom is -0.378 e. The molecule has 5 rings (SSSR count). The summed E-state index contributed by atoms with van der Waals surface area (Å²) in [7, 11) is 2.05. The Labute approximate surface area is 233 Å². The standard InChI is InChI=1S/C34H33F3N2O/c1-24(30-20-22-39-31(30)17-18-32(39)33(40)27-11-7-4-8-12-27)38(2)21-19-28(26-9-5-3-6-10-26)23-25-13-15-29(16-14-25)34(35,36)37/h3-18,28,30H,1,19-23H2,2H3. The van der Waals surface area contributed by atoms with Gasteiger partial charge in [-0.15, -0.1) is 0 Å². The summed E-state index contributed by atoms with van der Waals surface area (Å²) in [5.74, 6) is 0.309. The smallest absolute Gasteiger partial charge is 0.378 e. The molecule has 2 heterocycles. The normalized spacial score (nSPS) is 15.4. The van der Waals surface area contributed by atoms with Crippen molar-refractivity contribution in [1.82, 2.24) is 9.47 Å². The van der Waals surface area contributed by atoms with Crippen LogP contribution in [0.3, 0.4) is 0 Å². The summed E-state index contributed by atoms with van der Waals surface area (Å²) >= 11 is 0. The molecule has 0 spiro atoms. The van der Waals surface area contributed by atoms with Gasteiger partial charge in [-0.2, -0.15) is 13.2 Å². The minimum absolute atomic E-state index is 0.0282. The number of carbonyl (C=O) groups excluding carboxylic acids is 1.